The Bertz CT molecular complexity index is 604. The van der Waals surface area contributed by atoms with Gasteiger partial charge in [-0.1, -0.05) is 11.8 Å². The Labute approximate surface area is 123 Å². The van der Waals surface area contributed by atoms with E-state index in [1.54, 1.807) is 6.07 Å². The first-order valence-corrected chi connectivity index (χ1v) is 6.79. The zero-order valence-corrected chi connectivity index (χ0v) is 11.6. The molecule has 1 aliphatic heterocycles. The third-order valence-corrected chi connectivity index (χ3v) is 3.45. The zero-order valence-electron chi connectivity index (χ0n) is 11.6. The summed E-state index contributed by atoms with van der Waals surface area (Å²) in [7, 11) is 0. The summed E-state index contributed by atoms with van der Waals surface area (Å²) in [5, 5.41) is 8.77. The Balaban J connectivity index is 2.32. The molecule has 6 nitrogen and oxygen atoms in total. The summed E-state index contributed by atoms with van der Waals surface area (Å²) >= 11 is 0. The van der Waals surface area contributed by atoms with Crippen molar-refractivity contribution in [2.45, 2.75) is 25.3 Å². The third kappa shape index (κ3) is 3.38. The first-order chi connectivity index (χ1) is 10.1. The Morgan fingerprint density at radius 3 is 3.00 bits per heavy atom. The second-order valence-electron chi connectivity index (χ2n) is 4.79. The van der Waals surface area contributed by atoms with Crippen molar-refractivity contribution in [1.29, 1.82) is 0 Å². The van der Waals surface area contributed by atoms with E-state index < -0.39 is 11.9 Å². The van der Waals surface area contributed by atoms with Gasteiger partial charge in [0.05, 0.1) is 11.1 Å². The maximum Gasteiger partial charge on any atom is 0.255 e. The van der Waals surface area contributed by atoms with Crippen molar-refractivity contribution < 1.29 is 14.7 Å². The second-order valence-corrected chi connectivity index (χ2v) is 4.79. The highest BCUT2D eigenvalue weighted by molar-refractivity contribution is 5.99. The standard InChI is InChI=1S/C15H17N3O3/c16-14(20)13-5-1-2-8-18(13)15(21)12-6-7-17-10-11(12)4-3-9-19/h6-7,10,13,19H,1-2,5,8-9H2,(H2,16,20). The van der Waals surface area contributed by atoms with E-state index in [0.29, 0.717) is 24.1 Å². The number of hydrogen-bond donors (Lipinski definition) is 2. The minimum atomic E-state index is -0.571. The van der Waals surface area contributed by atoms with Crippen LogP contribution in [0.5, 0.6) is 0 Å². The molecule has 1 saturated heterocycles. The molecule has 3 N–H and O–H groups in total. The van der Waals surface area contributed by atoms with Crippen molar-refractivity contribution in [3.8, 4) is 11.8 Å². The lowest BCUT2D eigenvalue weighted by molar-refractivity contribution is -0.123. The van der Waals surface area contributed by atoms with Crippen LogP contribution in [-0.2, 0) is 4.79 Å². The summed E-state index contributed by atoms with van der Waals surface area (Å²) in [6.45, 7) is 0.206. The number of aliphatic hydroxyl groups is 1. The normalized spacial score (nSPS) is 17.8. The lowest BCUT2D eigenvalue weighted by Gasteiger charge is -2.33. The van der Waals surface area contributed by atoms with Crippen LogP contribution in [0.3, 0.4) is 0 Å². The molecule has 1 aliphatic rings. The van der Waals surface area contributed by atoms with E-state index in [9.17, 15) is 9.59 Å². The summed E-state index contributed by atoms with van der Waals surface area (Å²) in [5.74, 6) is 4.44. The largest absolute Gasteiger partial charge is 0.384 e. The minimum Gasteiger partial charge on any atom is -0.384 e. The second kappa shape index (κ2) is 6.86. The number of nitrogens with zero attached hydrogens (tertiary/aromatic N) is 2. The molecule has 2 heterocycles. The number of aromatic nitrogens is 1. The molecule has 1 aromatic heterocycles. The van der Waals surface area contributed by atoms with E-state index in [-0.39, 0.29) is 12.5 Å². The van der Waals surface area contributed by atoms with Crippen molar-refractivity contribution in [3.05, 3.63) is 29.6 Å². The van der Waals surface area contributed by atoms with Gasteiger partial charge in [-0.3, -0.25) is 14.6 Å². The molecule has 110 valence electrons. The predicted molar refractivity (Wildman–Crippen MR) is 76.1 cm³/mol. The molecule has 2 rings (SSSR count). The summed E-state index contributed by atoms with van der Waals surface area (Å²) in [6.07, 6.45) is 5.28. The number of pyridine rings is 1. The monoisotopic (exact) mass is 287 g/mol. The van der Waals surface area contributed by atoms with Gasteiger partial charge >= 0.3 is 0 Å². The summed E-state index contributed by atoms with van der Waals surface area (Å²) < 4.78 is 0. The number of piperidine rings is 1. The van der Waals surface area contributed by atoms with Crippen LogP contribution < -0.4 is 5.73 Å². The zero-order chi connectivity index (χ0) is 15.2. The van der Waals surface area contributed by atoms with Gasteiger partial charge in [0.1, 0.15) is 12.6 Å². The van der Waals surface area contributed by atoms with Gasteiger partial charge in [-0.15, -0.1) is 0 Å². The summed E-state index contributed by atoms with van der Waals surface area (Å²) in [6, 6.07) is 0.995. The van der Waals surface area contributed by atoms with E-state index in [2.05, 4.69) is 16.8 Å². The number of aliphatic hydroxyl groups excluding tert-OH is 1. The highest BCUT2D eigenvalue weighted by Gasteiger charge is 2.31. The van der Waals surface area contributed by atoms with Gasteiger partial charge in [0.25, 0.3) is 5.91 Å². The molecule has 0 radical (unpaired) electrons. The van der Waals surface area contributed by atoms with Gasteiger partial charge in [-0.05, 0) is 25.3 Å². The van der Waals surface area contributed by atoms with Gasteiger partial charge < -0.3 is 15.7 Å². The van der Waals surface area contributed by atoms with Crippen LogP contribution in [0.25, 0.3) is 0 Å². The molecular formula is C15H17N3O3. The van der Waals surface area contributed by atoms with E-state index in [1.165, 1.54) is 17.3 Å². The van der Waals surface area contributed by atoms with Crippen molar-refractivity contribution >= 4 is 11.8 Å². The van der Waals surface area contributed by atoms with E-state index in [4.69, 9.17) is 10.8 Å². The molecule has 0 saturated carbocycles. The fourth-order valence-corrected chi connectivity index (χ4v) is 2.44. The van der Waals surface area contributed by atoms with E-state index in [0.717, 1.165) is 12.8 Å². The highest BCUT2D eigenvalue weighted by Crippen LogP contribution is 2.20. The molecule has 0 aromatic carbocycles. The Hall–Kier alpha value is -2.39. The minimum absolute atomic E-state index is 0.275. The first-order valence-electron chi connectivity index (χ1n) is 6.79. The molecule has 1 aromatic rings. The predicted octanol–water partition coefficient (Wildman–Crippen LogP) is -0.0946. The van der Waals surface area contributed by atoms with Crippen molar-refractivity contribution in [2.75, 3.05) is 13.2 Å². The molecular weight excluding hydrogens is 270 g/mol. The fraction of sp³-hybridized carbons (Fsp3) is 0.400. The number of likely N-dealkylation sites (tertiary alicyclic amines) is 1. The number of nitrogens with two attached hydrogens (primary N) is 1. The van der Waals surface area contributed by atoms with Gasteiger partial charge in [-0.2, -0.15) is 0 Å². The first kappa shape index (κ1) is 15.0. The Kier molecular flexibility index (Phi) is 4.90. The lowest BCUT2D eigenvalue weighted by Crippen LogP contribution is -2.50. The molecule has 0 bridgehead atoms. The van der Waals surface area contributed by atoms with Crippen LogP contribution >= 0.6 is 0 Å². The fourth-order valence-electron chi connectivity index (χ4n) is 2.44. The van der Waals surface area contributed by atoms with Crippen LogP contribution in [-0.4, -0.2) is 46.0 Å². The van der Waals surface area contributed by atoms with Crippen LogP contribution in [0.4, 0.5) is 0 Å². The van der Waals surface area contributed by atoms with Crippen LogP contribution in [0.2, 0.25) is 0 Å². The molecule has 1 unspecified atom stereocenters. The average Bonchev–Trinajstić information content (AvgIpc) is 2.52. The third-order valence-electron chi connectivity index (χ3n) is 3.45. The van der Waals surface area contributed by atoms with Crippen LogP contribution in [0.1, 0.15) is 35.2 Å². The quantitative estimate of drug-likeness (QED) is 0.743. The molecule has 21 heavy (non-hydrogen) atoms. The molecule has 0 spiro atoms. The maximum atomic E-state index is 12.7. The van der Waals surface area contributed by atoms with Crippen LogP contribution in [0, 0.1) is 11.8 Å². The number of amides is 2. The Morgan fingerprint density at radius 2 is 2.29 bits per heavy atom. The molecule has 1 fully saturated rings. The number of hydrogen-bond acceptors (Lipinski definition) is 4. The molecule has 0 aliphatic carbocycles. The van der Waals surface area contributed by atoms with Crippen molar-refractivity contribution in [2.24, 2.45) is 5.73 Å². The highest BCUT2D eigenvalue weighted by atomic mass is 16.2. The maximum absolute atomic E-state index is 12.7. The summed E-state index contributed by atoms with van der Waals surface area (Å²) in [5.41, 5.74) is 6.20. The molecule has 1 atom stereocenters. The smallest absolute Gasteiger partial charge is 0.255 e. The average molecular weight is 287 g/mol. The van der Waals surface area contributed by atoms with Gasteiger partial charge in [0.15, 0.2) is 0 Å². The summed E-state index contributed by atoms with van der Waals surface area (Å²) in [4.78, 5) is 29.6. The SMILES string of the molecule is NC(=O)C1CCCCN1C(=O)c1ccncc1C#CCO. The molecule has 6 heteroatoms. The van der Waals surface area contributed by atoms with Gasteiger partial charge in [-0.25, -0.2) is 0 Å². The van der Waals surface area contributed by atoms with Gasteiger partial charge in [0, 0.05) is 18.9 Å². The Morgan fingerprint density at radius 1 is 1.48 bits per heavy atom. The van der Waals surface area contributed by atoms with Crippen molar-refractivity contribution in [3.63, 3.8) is 0 Å². The number of carbonyl (C=O) groups is 2. The lowest BCUT2D eigenvalue weighted by atomic mass is 9.99. The van der Waals surface area contributed by atoms with E-state index >= 15 is 0 Å². The number of primary amides is 1. The number of carbonyl (C=O) groups excluding carboxylic acids is 2. The van der Waals surface area contributed by atoms with Crippen LogP contribution in [0.15, 0.2) is 18.5 Å². The van der Waals surface area contributed by atoms with E-state index in [1.807, 2.05) is 0 Å². The topological polar surface area (TPSA) is 96.5 Å². The number of rotatable bonds is 2. The van der Waals surface area contributed by atoms with Gasteiger partial charge in [0.2, 0.25) is 5.91 Å². The molecule has 2 amide bonds. The van der Waals surface area contributed by atoms with Crippen molar-refractivity contribution in [1.82, 2.24) is 9.88 Å².